The fraction of sp³-hybridized carbons (Fsp3) is 0.176. The quantitative estimate of drug-likeness (QED) is 0.761. The first-order valence-electron chi connectivity index (χ1n) is 7.17. The summed E-state index contributed by atoms with van der Waals surface area (Å²) < 4.78 is 1.85. The number of aromatic nitrogens is 2. The van der Waals surface area contributed by atoms with Crippen molar-refractivity contribution in [2.45, 2.75) is 13.0 Å². The molecule has 0 fully saturated rings. The highest BCUT2D eigenvalue weighted by Gasteiger charge is 2.04. The Kier molecular flexibility index (Phi) is 4.65. The Labute approximate surface area is 133 Å². The highest BCUT2D eigenvalue weighted by atomic mass is 32.1. The van der Waals surface area contributed by atoms with E-state index < -0.39 is 0 Å². The van der Waals surface area contributed by atoms with Gasteiger partial charge in [0.05, 0.1) is 19.2 Å². The molecule has 0 spiro atoms. The third kappa shape index (κ3) is 3.83. The Morgan fingerprint density at radius 2 is 2.05 bits per heavy atom. The second-order valence-electron chi connectivity index (χ2n) is 5.02. The molecule has 2 heterocycles. The molecule has 5 heteroatoms. The van der Waals surface area contributed by atoms with Crippen LogP contribution in [0, 0.1) is 0 Å². The lowest BCUT2D eigenvalue weighted by molar-refractivity contribution is -0.120. The van der Waals surface area contributed by atoms with Crippen LogP contribution >= 0.6 is 11.3 Å². The van der Waals surface area contributed by atoms with Crippen molar-refractivity contribution in [3.05, 3.63) is 65.1 Å². The van der Waals surface area contributed by atoms with Gasteiger partial charge >= 0.3 is 0 Å². The summed E-state index contributed by atoms with van der Waals surface area (Å²) in [5, 5.41) is 11.2. The van der Waals surface area contributed by atoms with Gasteiger partial charge in [0.1, 0.15) is 0 Å². The summed E-state index contributed by atoms with van der Waals surface area (Å²) in [5.41, 5.74) is 3.30. The molecule has 0 aliphatic carbocycles. The molecule has 1 aromatic carbocycles. The van der Waals surface area contributed by atoms with Gasteiger partial charge in [0.25, 0.3) is 0 Å². The molecule has 22 heavy (non-hydrogen) atoms. The molecular formula is C17H17N3OS. The number of hydrogen-bond donors (Lipinski definition) is 1. The third-order valence-electron chi connectivity index (χ3n) is 3.35. The zero-order chi connectivity index (χ0) is 15.2. The van der Waals surface area contributed by atoms with Gasteiger partial charge < -0.3 is 5.32 Å². The van der Waals surface area contributed by atoms with Crippen molar-refractivity contribution in [1.82, 2.24) is 15.1 Å². The van der Waals surface area contributed by atoms with Crippen LogP contribution in [0.15, 0.2) is 59.6 Å². The summed E-state index contributed by atoms with van der Waals surface area (Å²) >= 11 is 1.61. The predicted molar refractivity (Wildman–Crippen MR) is 88.7 cm³/mol. The summed E-state index contributed by atoms with van der Waals surface area (Å²) in [7, 11) is 0. The number of benzene rings is 1. The van der Waals surface area contributed by atoms with Crippen molar-refractivity contribution in [3.63, 3.8) is 0 Å². The van der Waals surface area contributed by atoms with Gasteiger partial charge in [-0.25, -0.2) is 0 Å². The van der Waals surface area contributed by atoms with Crippen molar-refractivity contribution < 1.29 is 4.79 Å². The molecule has 112 valence electrons. The summed E-state index contributed by atoms with van der Waals surface area (Å²) in [6, 6.07) is 12.1. The molecule has 3 aromatic rings. The maximum absolute atomic E-state index is 11.8. The Balaban J connectivity index is 1.48. The molecule has 3 rings (SSSR count). The Morgan fingerprint density at radius 1 is 1.18 bits per heavy atom. The molecule has 1 N–H and O–H groups in total. The van der Waals surface area contributed by atoms with Gasteiger partial charge in [-0.1, -0.05) is 30.3 Å². The molecular weight excluding hydrogens is 294 g/mol. The van der Waals surface area contributed by atoms with Gasteiger partial charge in [-0.2, -0.15) is 16.4 Å². The Morgan fingerprint density at radius 3 is 2.82 bits per heavy atom. The minimum atomic E-state index is 0.0499. The van der Waals surface area contributed by atoms with Gasteiger partial charge in [-0.05, 0) is 28.0 Å². The topological polar surface area (TPSA) is 46.9 Å². The maximum Gasteiger partial charge on any atom is 0.224 e. The standard InChI is InChI=1S/C17H17N3OS/c21-17(10-14-6-9-22-13-14)18-7-8-20-12-16(11-19-20)15-4-2-1-3-5-15/h1-6,9,11-13H,7-8,10H2,(H,18,21). The first kappa shape index (κ1) is 14.5. The van der Waals surface area contributed by atoms with E-state index in [0.29, 0.717) is 19.5 Å². The van der Waals surface area contributed by atoms with Crippen molar-refractivity contribution in [1.29, 1.82) is 0 Å². The highest BCUT2D eigenvalue weighted by molar-refractivity contribution is 7.07. The van der Waals surface area contributed by atoms with Gasteiger partial charge in [-0.15, -0.1) is 0 Å². The van der Waals surface area contributed by atoms with Gasteiger partial charge in [0.15, 0.2) is 0 Å². The van der Waals surface area contributed by atoms with Crippen LogP contribution < -0.4 is 5.32 Å². The normalized spacial score (nSPS) is 10.5. The van der Waals surface area contributed by atoms with Crippen molar-refractivity contribution >= 4 is 17.2 Å². The Hall–Kier alpha value is -2.40. The highest BCUT2D eigenvalue weighted by Crippen LogP contribution is 2.17. The zero-order valence-electron chi connectivity index (χ0n) is 12.1. The second kappa shape index (κ2) is 7.04. The van der Waals surface area contributed by atoms with Crippen molar-refractivity contribution in [2.75, 3.05) is 6.54 Å². The smallest absolute Gasteiger partial charge is 0.224 e. The number of nitrogens with one attached hydrogen (secondary N) is 1. The minimum Gasteiger partial charge on any atom is -0.354 e. The molecule has 4 nitrogen and oxygen atoms in total. The lowest BCUT2D eigenvalue weighted by Gasteiger charge is -2.04. The van der Waals surface area contributed by atoms with Crippen LogP contribution in [0.3, 0.4) is 0 Å². The molecule has 0 radical (unpaired) electrons. The van der Waals surface area contributed by atoms with Crippen LogP contribution in [0.25, 0.3) is 11.1 Å². The average Bonchev–Trinajstić information content (AvgIpc) is 3.20. The summed E-state index contributed by atoms with van der Waals surface area (Å²) in [6.07, 6.45) is 4.29. The molecule has 0 saturated heterocycles. The zero-order valence-corrected chi connectivity index (χ0v) is 12.9. The number of amides is 1. The molecule has 2 aromatic heterocycles. The first-order valence-corrected chi connectivity index (χ1v) is 8.11. The fourth-order valence-electron chi connectivity index (χ4n) is 2.22. The summed E-state index contributed by atoms with van der Waals surface area (Å²) in [5.74, 6) is 0.0499. The minimum absolute atomic E-state index is 0.0499. The van der Waals surface area contributed by atoms with Gasteiger partial charge in [-0.3, -0.25) is 9.48 Å². The van der Waals surface area contributed by atoms with E-state index in [1.807, 2.05) is 52.1 Å². The van der Waals surface area contributed by atoms with Crippen LogP contribution in [0.1, 0.15) is 5.56 Å². The van der Waals surface area contributed by atoms with E-state index in [4.69, 9.17) is 0 Å². The second-order valence-corrected chi connectivity index (χ2v) is 5.80. The van der Waals surface area contributed by atoms with Crippen LogP contribution in [0.2, 0.25) is 0 Å². The summed E-state index contributed by atoms with van der Waals surface area (Å²) in [4.78, 5) is 11.8. The third-order valence-corrected chi connectivity index (χ3v) is 4.08. The number of thiophene rings is 1. The van der Waals surface area contributed by atoms with Crippen LogP contribution in [0.5, 0.6) is 0 Å². The van der Waals surface area contributed by atoms with E-state index in [9.17, 15) is 4.79 Å². The number of hydrogen-bond acceptors (Lipinski definition) is 3. The van der Waals surface area contributed by atoms with E-state index in [1.54, 1.807) is 11.3 Å². The molecule has 0 aliphatic heterocycles. The van der Waals surface area contributed by atoms with Crippen molar-refractivity contribution in [2.24, 2.45) is 0 Å². The summed E-state index contributed by atoms with van der Waals surface area (Å²) in [6.45, 7) is 1.25. The van der Waals surface area contributed by atoms with Crippen molar-refractivity contribution in [3.8, 4) is 11.1 Å². The number of rotatable bonds is 6. The molecule has 0 saturated carbocycles. The number of carbonyl (C=O) groups excluding carboxylic acids is 1. The number of carbonyl (C=O) groups is 1. The fourth-order valence-corrected chi connectivity index (χ4v) is 2.89. The van der Waals surface area contributed by atoms with Crippen LogP contribution in [-0.2, 0) is 17.8 Å². The molecule has 0 atom stereocenters. The predicted octanol–water partition coefficient (Wildman–Crippen LogP) is 2.97. The number of nitrogens with zero attached hydrogens (tertiary/aromatic N) is 2. The van der Waals surface area contributed by atoms with Gasteiger partial charge in [0, 0.05) is 18.3 Å². The van der Waals surface area contributed by atoms with Gasteiger partial charge in [0.2, 0.25) is 5.91 Å². The van der Waals surface area contributed by atoms with E-state index in [2.05, 4.69) is 22.5 Å². The van der Waals surface area contributed by atoms with Crippen LogP contribution in [0.4, 0.5) is 0 Å². The van der Waals surface area contributed by atoms with E-state index >= 15 is 0 Å². The monoisotopic (exact) mass is 311 g/mol. The van der Waals surface area contributed by atoms with E-state index in [0.717, 1.165) is 16.7 Å². The lowest BCUT2D eigenvalue weighted by Crippen LogP contribution is -2.28. The van der Waals surface area contributed by atoms with Crippen LogP contribution in [-0.4, -0.2) is 22.2 Å². The lowest BCUT2D eigenvalue weighted by atomic mass is 10.1. The molecule has 1 amide bonds. The molecule has 0 unspecified atom stereocenters. The van der Waals surface area contributed by atoms with E-state index in [-0.39, 0.29) is 5.91 Å². The molecule has 0 aliphatic rings. The van der Waals surface area contributed by atoms with E-state index in [1.165, 1.54) is 0 Å². The maximum atomic E-state index is 11.8. The Bertz CT molecular complexity index is 719. The average molecular weight is 311 g/mol. The largest absolute Gasteiger partial charge is 0.354 e. The SMILES string of the molecule is O=C(Cc1ccsc1)NCCn1cc(-c2ccccc2)cn1. The molecule has 0 bridgehead atoms. The first-order chi connectivity index (χ1) is 10.8.